The van der Waals surface area contributed by atoms with Gasteiger partial charge in [-0.3, -0.25) is 4.79 Å². The Labute approximate surface area is 120 Å². The van der Waals surface area contributed by atoms with E-state index in [-0.39, 0.29) is 5.71 Å². The predicted molar refractivity (Wildman–Crippen MR) is 80.5 cm³/mol. The lowest BCUT2D eigenvalue weighted by Gasteiger charge is -1.94. The number of aromatic nitrogens is 1. The zero-order chi connectivity index (χ0) is 14.1. The number of benzene rings is 1. The van der Waals surface area contributed by atoms with E-state index in [4.69, 9.17) is 5.73 Å². The van der Waals surface area contributed by atoms with Crippen LogP contribution in [-0.2, 0) is 9.63 Å². The number of nitrogen functional groups attached to an aromatic ring is 1. The van der Waals surface area contributed by atoms with Crippen molar-refractivity contribution in [1.82, 2.24) is 4.98 Å². The monoisotopic (exact) mass is 295 g/mol. The Morgan fingerprint density at radius 3 is 2.16 bits per heavy atom. The SMILES string of the molecule is CO/N=C(\C(=O)S)c1csc(N)n1.c1ccccc1. The molecule has 0 bridgehead atoms. The molecule has 5 nitrogen and oxygen atoms in total. The van der Waals surface area contributed by atoms with E-state index >= 15 is 0 Å². The van der Waals surface area contributed by atoms with Gasteiger partial charge in [0, 0.05) is 5.38 Å². The molecule has 2 rings (SSSR count). The summed E-state index contributed by atoms with van der Waals surface area (Å²) < 4.78 is 0. The minimum Gasteiger partial charge on any atom is -0.398 e. The number of nitrogens with zero attached hydrogens (tertiary/aromatic N) is 2. The fourth-order valence-electron chi connectivity index (χ4n) is 1.07. The predicted octanol–water partition coefficient (Wildman–Crippen LogP) is 2.22. The van der Waals surface area contributed by atoms with Gasteiger partial charge in [-0.2, -0.15) is 0 Å². The molecule has 1 heterocycles. The molecule has 19 heavy (non-hydrogen) atoms. The molecule has 7 heteroatoms. The summed E-state index contributed by atoms with van der Waals surface area (Å²) in [4.78, 5) is 19.3. The first-order chi connectivity index (χ1) is 9.15. The minimum absolute atomic E-state index is 0.0544. The van der Waals surface area contributed by atoms with Gasteiger partial charge in [0.25, 0.3) is 0 Å². The second kappa shape index (κ2) is 8.28. The van der Waals surface area contributed by atoms with Crippen LogP contribution in [0, 0.1) is 0 Å². The van der Waals surface area contributed by atoms with Gasteiger partial charge in [-0.1, -0.05) is 54.2 Å². The van der Waals surface area contributed by atoms with E-state index in [0.717, 1.165) is 0 Å². The van der Waals surface area contributed by atoms with Crippen LogP contribution < -0.4 is 5.73 Å². The van der Waals surface area contributed by atoms with Crippen LogP contribution >= 0.6 is 24.0 Å². The van der Waals surface area contributed by atoms with Crippen LogP contribution in [0.15, 0.2) is 46.9 Å². The van der Waals surface area contributed by atoms with Crippen molar-refractivity contribution in [2.45, 2.75) is 0 Å². The molecule has 1 aromatic heterocycles. The Morgan fingerprint density at radius 2 is 1.84 bits per heavy atom. The van der Waals surface area contributed by atoms with Crippen LogP contribution in [-0.4, -0.2) is 22.9 Å². The first kappa shape index (κ1) is 15.2. The highest BCUT2D eigenvalue weighted by molar-refractivity contribution is 7.99. The topological polar surface area (TPSA) is 77.6 Å². The Kier molecular flexibility index (Phi) is 6.62. The van der Waals surface area contributed by atoms with E-state index in [2.05, 4.69) is 27.6 Å². The largest absolute Gasteiger partial charge is 0.398 e. The zero-order valence-electron chi connectivity index (χ0n) is 10.2. The van der Waals surface area contributed by atoms with Gasteiger partial charge in [-0.05, 0) is 0 Å². The molecule has 0 radical (unpaired) electrons. The van der Waals surface area contributed by atoms with Crippen molar-refractivity contribution < 1.29 is 9.63 Å². The minimum atomic E-state index is -0.507. The number of thiazole rings is 1. The lowest BCUT2D eigenvalue weighted by Crippen LogP contribution is -2.10. The number of nitrogens with two attached hydrogens (primary N) is 1. The van der Waals surface area contributed by atoms with Crippen molar-refractivity contribution in [3.8, 4) is 0 Å². The molecule has 100 valence electrons. The molecule has 0 aliphatic heterocycles. The number of rotatable bonds is 3. The Morgan fingerprint density at radius 1 is 1.32 bits per heavy atom. The number of thiol groups is 1. The molecule has 0 spiro atoms. The second-order valence-corrected chi connectivity index (χ2v) is 4.45. The number of hydrogen-bond donors (Lipinski definition) is 2. The Bertz CT molecular complexity index is 514. The van der Waals surface area contributed by atoms with Crippen LogP contribution in [0.25, 0.3) is 0 Å². The van der Waals surface area contributed by atoms with Gasteiger partial charge < -0.3 is 10.6 Å². The summed E-state index contributed by atoms with van der Waals surface area (Å²) in [6.45, 7) is 0. The van der Waals surface area contributed by atoms with Gasteiger partial charge in [0.1, 0.15) is 12.8 Å². The fourth-order valence-corrected chi connectivity index (χ4v) is 1.77. The summed E-state index contributed by atoms with van der Waals surface area (Å²) in [7, 11) is 1.34. The molecule has 0 atom stereocenters. The molecule has 0 saturated heterocycles. The molecule has 1 aromatic carbocycles. The Balaban J connectivity index is 0.000000250. The van der Waals surface area contributed by atoms with Crippen LogP contribution in [0.4, 0.5) is 5.13 Å². The smallest absolute Gasteiger partial charge is 0.240 e. The molecule has 0 aliphatic carbocycles. The summed E-state index contributed by atoms with van der Waals surface area (Å²) in [6.07, 6.45) is 0. The van der Waals surface area contributed by atoms with Crippen LogP contribution in [0.2, 0.25) is 0 Å². The van der Waals surface area contributed by atoms with Gasteiger partial charge in [-0.25, -0.2) is 4.98 Å². The maximum absolute atomic E-state index is 10.9. The Hall–Kier alpha value is -1.86. The average molecular weight is 295 g/mol. The molecule has 0 amide bonds. The second-order valence-electron chi connectivity index (χ2n) is 3.15. The third-order valence-corrected chi connectivity index (χ3v) is 2.70. The highest BCUT2D eigenvalue weighted by Gasteiger charge is 2.14. The van der Waals surface area contributed by atoms with E-state index in [1.807, 2.05) is 36.4 Å². The van der Waals surface area contributed by atoms with E-state index in [9.17, 15) is 4.79 Å². The molecule has 0 unspecified atom stereocenters. The van der Waals surface area contributed by atoms with Crippen LogP contribution in [0.5, 0.6) is 0 Å². The van der Waals surface area contributed by atoms with E-state index in [1.165, 1.54) is 18.4 Å². The average Bonchev–Trinajstić information content (AvgIpc) is 2.84. The first-order valence-electron chi connectivity index (χ1n) is 5.21. The maximum atomic E-state index is 10.9. The van der Waals surface area contributed by atoms with Crippen molar-refractivity contribution in [3.63, 3.8) is 0 Å². The van der Waals surface area contributed by atoms with E-state index in [1.54, 1.807) is 5.38 Å². The summed E-state index contributed by atoms with van der Waals surface area (Å²) in [5.41, 5.74) is 5.82. The number of oxime groups is 1. The standard InChI is InChI=1S/C6H7N3O2S2.C6H6/c1-11-9-4(5(10)12)3-2-13-6(7)8-3;1-2-4-6-5-3-1/h2H,1H3,(H2,7,8)(H,10,12);1-6H/b9-4-;. The number of anilines is 1. The van der Waals surface area contributed by atoms with E-state index in [0.29, 0.717) is 10.8 Å². The van der Waals surface area contributed by atoms with Crippen LogP contribution in [0.1, 0.15) is 5.69 Å². The summed E-state index contributed by atoms with van der Waals surface area (Å²) in [5, 5.41) is 4.96. The normalized spacial score (nSPS) is 10.3. The third-order valence-electron chi connectivity index (χ3n) is 1.82. The van der Waals surface area contributed by atoms with Gasteiger partial charge in [0.15, 0.2) is 10.8 Å². The van der Waals surface area contributed by atoms with Crippen molar-refractivity contribution >= 4 is 39.9 Å². The lowest BCUT2D eigenvalue weighted by molar-refractivity contribution is -0.105. The van der Waals surface area contributed by atoms with Crippen molar-refractivity contribution in [2.75, 3.05) is 12.8 Å². The lowest BCUT2D eigenvalue weighted by atomic mass is 10.3. The molecule has 2 N–H and O–H groups in total. The van der Waals surface area contributed by atoms with Gasteiger partial charge >= 0.3 is 0 Å². The molecule has 0 aliphatic rings. The fraction of sp³-hybridized carbons (Fsp3) is 0.0833. The molecule has 0 fully saturated rings. The third kappa shape index (κ3) is 5.54. The zero-order valence-corrected chi connectivity index (χ0v) is 11.9. The maximum Gasteiger partial charge on any atom is 0.240 e. The number of hydrogen-bond acceptors (Lipinski definition) is 6. The van der Waals surface area contributed by atoms with E-state index < -0.39 is 5.12 Å². The first-order valence-corrected chi connectivity index (χ1v) is 6.53. The van der Waals surface area contributed by atoms with Gasteiger partial charge in [-0.15, -0.1) is 11.3 Å². The highest BCUT2D eigenvalue weighted by Crippen LogP contribution is 2.13. The summed E-state index contributed by atoms with van der Waals surface area (Å²) >= 11 is 4.84. The molecule has 0 saturated carbocycles. The van der Waals surface area contributed by atoms with Gasteiger partial charge in [0.05, 0.1) is 0 Å². The van der Waals surface area contributed by atoms with Crippen molar-refractivity contribution in [3.05, 3.63) is 47.5 Å². The quantitative estimate of drug-likeness (QED) is 0.517. The van der Waals surface area contributed by atoms with Crippen molar-refractivity contribution in [2.24, 2.45) is 5.16 Å². The van der Waals surface area contributed by atoms with Crippen molar-refractivity contribution in [1.29, 1.82) is 0 Å². The molecule has 2 aromatic rings. The van der Waals surface area contributed by atoms with Crippen LogP contribution in [0.3, 0.4) is 0 Å². The molecular formula is C12H13N3O2S2. The highest BCUT2D eigenvalue weighted by atomic mass is 32.1. The summed E-state index contributed by atoms with van der Waals surface area (Å²) in [5.74, 6) is 0. The summed E-state index contributed by atoms with van der Waals surface area (Å²) in [6, 6.07) is 12.0. The number of carbonyl (C=O) groups is 1. The number of carbonyl (C=O) groups excluding carboxylic acids is 1. The van der Waals surface area contributed by atoms with Gasteiger partial charge in [0.2, 0.25) is 5.12 Å². The molecular weight excluding hydrogens is 282 g/mol.